The first-order valence-electron chi connectivity index (χ1n) is 7.47. The van der Waals surface area contributed by atoms with Gasteiger partial charge in [0.2, 0.25) is 5.91 Å². The number of hydrogen-bond donors (Lipinski definition) is 0. The first-order chi connectivity index (χ1) is 10.7. The molecule has 2 heterocycles. The average Bonchev–Trinajstić information content (AvgIpc) is 2.56. The Morgan fingerprint density at radius 3 is 2.41 bits per heavy atom. The molecule has 0 spiro atoms. The lowest BCUT2D eigenvalue weighted by atomic mass is 10.3. The van der Waals surface area contributed by atoms with Crippen LogP contribution < -0.4 is 4.90 Å². The third kappa shape index (κ3) is 4.39. The lowest BCUT2D eigenvalue weighted by Gasteiger charge is -2.35. The standard InChI is InChI=1S/C16H23N5O/c1-3-7-21(8-4-2)16(22)14-19-9-11-20(12-10-19)15-13-17-5-6-18-15/h3-6,13H,1-2,7-12,14H2. The fourth-order valence-electron chi connectivity index (χ4n) is 2.47. The van der Waals surface area contributed by atoms with Crippen molar-refractivity contribution in [2.45, 2.75) is 0 Å². The smallest absolute Gasteiger partial charge is 0.237 e. The Labute approximate surface area is 131 Å². The van der Waals surface area contributed by atoms with Gasteiger partial charge in [0.15, 0.2) is 0 Å². The molecule has 0 N–H and O–H groups in total. The van der Waals surface area contributed by atoms with Crippen LogP contribution >= 0.6 is 0 Å². The second-order valence-electron chi connectivity index (χ2n) is 5.20. The van der Waals surface area contributed by atoms with E-state index in [1.807, 2.05) is 0 Å². The second-order valence-corrected chi connectivity index (χ2v) is 5.20. The maximum absolute atomic E-state index is 12.3. The van der Waals surface area contributed by atoms with Gasteiger partial charge in [-0.05, 0) is 0 Å². The van der Waals surface area contributed by atoms with Crippen LogP contribution in [0.1, 0.15) is 0 Å². The number of carbonyl (C=O) groups excluding carboxylic acids is 1. The van der Waals surface area contributed by atoms with Gasteiger partial charge in [-0.2, -0.15) is 0 Å². The number of aromatic nitrogens is 2. The largest absolute Gasteiger partial charge is 0.353 e. The van der Waals surface area contributed by atoms with Crippen molar-refractivity contribution < 1.29 is 4.79 Å². The summed E-state index contributed by atoms with van der Waals surface area (Å²) in [5, 5.41) is 0. The summed E-state index contributed by atoms with van der Waals surface area (Å²) >= 11 is 0. The Bertz CT molecular complexity index is 487. The van der Waals surface area contributed by atoms with Crippen molar-refractivity contribution in [2.75, 3.05) is 50.7 Å². The third-order valence-electron chi connectivity index (χ3n) is 3.66. The van der Waals surface area contributed by atoms with Crippen molar-refractivity contribution in [2.24, 2.45) is 0 Å². The number of anilines is 1. The van der Waals surface area contributed by atoms with Crippen molar-refractivity contribution in [1.82, 2.24) is 19.8 Å². The molecule has 1 aliphatic rings. The van der Waals surface area contributed by atoms with Crippen LogP contribution in [0, 0.1) is 0 Å². The van der Waals surface area contributed by atoms with Gasteiger partial charge in [0.05, 0.1) is 12.7 Å². The predicted octanol–water partition coefficient (Wildman–Crippen LogP) is 0.799. The topological polar surface area (TPSA) is 52.6 Å². The van der Waals surface area contributed by atoms with Gasteiger partial charge >= 0.3 is 0 Å². The van der Waals surface area contributed by atoms with E-state index in [4.69, 9.17) is 0 Å². The zero-order valence-corrected chi connectivity index (χ0v) is 12.9. The molecule has 0 aromatic carbocycles. The summed E-state index contributed by atoms with van der Waals surface area (Å²) in [5.74, 6) is 1.01. The molecule has 1 fully saturated rings. The van der Waals surface area contributed by atoms with Crippen LogP contribution in [0.25, 0.3) is 0 Å². The van der Waals surface area contributed by atoms with Crippen LogP contribution in [0.4, 0.5) is 5.82 Å². The first-order valence-corrected chi connectivity index (χ1v) is 7.47. The zero-order chi connectivity index (χ0) is 15.8. The molecular formula is C16H23N5O. The van der Waals surface area contributed by atoms with Crippen LogP contribution in [0.5, 0.6) is 0 Å². The van der Waals surface area contributed by atoms with Crippen LogP contribution in [-0.2, 0) is 4.79 Å². The Balaban J connectivity index is 1.82. The summed E-state index contributed by atoms with van der Waals surface area (Å²) in [6, 6.07) is 0. The predicted molar refractivity (Wildman–Crippen MR) is 87.7 cm³/mol. The van der Waals surface area contributed by atoms with E-state index < -0.39 is 0 Å². The zero-order valence-electron chi connectivity index (χ0n) is 12.9. The number of rotatable bonds is 7. The molecule has 1 aromatic rings. The normalized spacial score (nSPS) is 15.4. The molecule has 0 unspecified atom stereocenters. The van der Waals surface area contributed by atoms with Crippen molar-refractivity contribution in [1.29, 1.82) is 0 Å². The number of carbonyl (C=O) groups is 1. The third-order valence-corrected chi connectivity index (χ3v) is 3.66. The van der Waals surface area contributed by atoms with Gasteiger partial charge in [-0.1, -0.05) is 12.2 Å². The fraction of sp³-hybridized carbons (Fsp3) is 0.438. The molecule has 2 rings (SSSR count). The first kappa shape index (κ1) is 16.2. The maximum atomic E-state index is 12.3. The van der Waals surface area contributed by atoms with Gasteiger partial charge < -0.3 is 9.80 Å². The van der Waals surface area contributed by atoms with E-state index in [-0.39, 0.29) is 5.91 Å². The highest BCUT2D eigenvalue weighted by Crippen LogP contribution is 2.11. The van der Waals surface area contributed by atoms with Gasteiger partial charge in [-0.15, -0.1) is 13.2 Å². The molecule has 0 aliphatic carbocycles. The van der Waals surface area contributed by atoms with Crippen LogP contribution in [0.2, 0.25) is 0 Å². The summed E-state index contributed by atoms with van der Waals surface area (Å²) in [7, 11) is 0. The van der Waals surface area contributed by atoms with E-state index in [0.29, 0.717) is 19.6 Å². The van der Waals surface area contributed by atoms with Crippen molar-refractivity contribution in [3.8, 4) is 0 Å². The molecule has 0 bridgehead atoms. The van der Waals surface area contributed by atoms with Crippen molar-refractivity contribution in [3.63, 3.8) is 0 Å². The SMILES string of the molecule is C=CCN(CC=C)C(=O)CN1CCN(c2cnccn2)CC1. The summed E-state index contributed by atoms with van der Waals surface area (Å²) in [5.41, 5.74) is 0. The lowest BCUT2D eigenvalue weighted by molar-refractivity contribution is -0.131. The van der Waals surface area contributed by atoms with Gasteiger partial charge in [-0.25, -0.2) is 4.98 Å². The summed E-state index contributed by atoms with van der Waals surface area (Å²) in [6.07, 6.45) is 8.64. The minimum Gasteiger partial charge on any atom is -0.353 e. The minimum absolute atomic E-state index is 0.118. The molecule has 1 aliphatic heterocycles. The van der Waals surface area contributed by atoms with Crippen molar-refractivity contribution in [3.05, 3.63) is 43.9 Å². The number of amides is 1. The van der Waals surface area contributed by atoms with E-state index in [2.05, 4.69) is 32.9 Å². The Hall–Kier alpha value is -2.21. The monoisotopic (exact) mass is 301 g/mol. The van der Waals surface area contributed by atoms with E-state index in [1.54, 1.807) is 35.6 Å². The molecular weight excluding hydrogens is 278 g/mol. The number of piperazine rings is 1. The van der Waals surface area contributed by atoms with Gasteiger partial charge in [0, 0.05) is 51.7 Å². The van der Waals surface area contributed by atoms with Crippen molar-refractivity contribution >= 4 is 11.7 Å². The molecule has 22 heavy (non-hydrogen) atoms. The molecule has 0 radical (unpaired) electrons. The summed E-state index contributed by atoms with van der Waals surface area (Å²) < 4.78 is 0. The van der Waals surface area contributed by atoms with Crippen LogP contribution in [-0.4, -0.2) is 71.5 Å². The fourth-order valence-corrected chi connectivity index (χ4v) is 2.47. The molecule has 118 valence electrons. The molecule has 6 nitrogen and oxygen atoms in total. The van der Waals surface area contributed by atoms with Gasteiger partial charge in [0.25, 0.3) is 0 Å². The summed E-state index contributed by atoms with van der Waals surface area (Å²) in [6.45, 7) is 12.4. The van der Waals surface area contributed by atoms with E-state index >= 15 is 0 Å². The molecule has 6 heteroatoms. The highest BCUT2D eigenvalue weighted by atomic mass is 16.2. The van der Waals surface area contributed by atoms with Crippen LogP contribution in [0.15, 0.2) is 43.9 Å². The molecule has 1 aromatic heterocycles. The molecule has 0 saturated carbocycles. The van der Waals surface area contributed by atoms with Gasteiger partial charge in [0.1, 0.15) is 5.82 Å². The molecule has 1 saturated heterocycles. The van der Waals surface area contributed by atoms with Crippen LogP contribution in [0.3, 0.4) is 0 Å². The maximum Gasteiger partial charge on any atom is 0.237 e. The Morgan fingerprint density at radius 1 is 1.18 bits per heavy atom. The van der Waals surface area contributed by atoms with E-state index in [9.17, 15) is 4.79 Å². The highest BCUT2D eigenvalue weighted by molar-refractivity contribution is 5.78. The highest BCUT2D eigenvalue weighted by Gasteiger charge is 2.21. The number of hydrogen-bond acceptors (Lipinski definition) is 5. The minimum atomic E-state index is 0.118. The second kappa shape index (κ2) is 8.29. The van der Waals surface area contributed by atoms with E-state index in [1.165, 1.54) is 0 Å². The Morgan fingerprint density at radius 2 is 1.86 bits per heavy atom. The Kier molecular flexibility index (Phi) is 6.09. The van der Waals surface area contributed by atoms with Gasteiger partial charge in [-0.3, -0.25) is 14.7 Å². The van der Waals surface area contributed by atoms with E-state index in [0.717, 1.165) is 32.0 Å². The molecule has 0 atom stereocenters. The summed E-state index contributed by atoms with van der Waals surface area (Å²) in [4.78, 5) is 26.8. The average molecular weight is 301 g/mol. The number of nitrogens with zero attached hydrogens (tertiary/aromatic N) is 5. The lowest BCUT2D eigenvalue weighted by Crippen LogP contribution is -2.50. The quantitative estimate of drug-likeness (QED) is 0.697. The molecule has 1 amide bonds.